The number of carbonyl (C=O) groups is 1. The summed E-state index contributed by atoms with van der Waals surface area (Å²) in [6.45, 7) is 0.574. The minimum absolute atomic E-state index is 0.0804. The molecule has 0 fully saturated rings. The van der Waals surface area contributed by atoms with Gasteiger partial charge in [-0.05, 0) is 22.0 Å². The van der Waals surface area contributed by atoms with E-state index < -0.39 is 5.97 Å². The Morgan fingerprint density at radius 3 is 2.94 bits per heavy atom. The zero-order valence-electron chi connectivity index (χ0n) is 8.63. The smallest absolute Gasteiger partial charge is 0.358 e. The van der Waals surface area contributed by atoms with Crippen molar-refractivity contribution in [3.05, 3.63) is 32.2 Å². The summed E-state index contributed by atoms with van der Waals surface area (Å²) >= 11 is 4.91. The Kier molecular flexibility index (Phi) is 3.55. The van der Waals surface area contributed by atoms with E-state index in [-0.39, 0.29) is 12.2 Å². The quantitative estimate of drug-likeness (QED) is 0.886. The molecule has 2 heterocycles. The monoisotopic (exact) mass is 316 g/mol. The van der Waals surface area contributed by atoms with Crippen LogP contribution in [0.3, 0.4) is 0 Å². The number of nitrogens with two attached hydrogens (primary N) is 1. The molecule has 0 amide bonds. The van der Waals surface area contributed by atoms with Crippen molar-refractivity contribution in [3.63, 3.8) is 0 Å². The van der Waals surface area contributed by atoms with E-state index in [9.17, 15) is 4.79 Å². The molecular weight excluding hydrogens is 308 g/mol. The lowest BCUT2D eigenvalue weighted by Crippen LogP contribution is -2.12. The first-order valence-corrected chi connectivity index (χ1v) is 6.37. The fourth-order valence-corrected chi connectivity index (χ4v) is 2.84. The zero-order valence-corrected chi connectivity index (χ0v) is 11.0. The fourth-order valence-electron chi connectivity index (χ4n) is 1.41. The van der Waals surface area contributed by atoms with E-state index in [1.54, 1.807) is 11.3 Å². The number of aromatic nitrogens is 3. The first kappa shape index (κ1) is 12.2. The molecule has 90 valence electrons. The number of carboxylic acids is 1. The summed E-state index contributed by atoms with van der Waals surface area (Å²) in [6.07, 6.45) is 0. The highest BCUT2D eigenvalue weighted by Crippen LogP contribution is 2.21. The number of rotatable bonds is 4. The van der Waals surface area contributed by atoms with Crippen LogP contribution in [0.2, 0.25) is 0 Å². The Morgan fingerprint density at radius 2 is 2.41 bits per heavy atom. The fraction of sp³-hybridized carbons (Fsp3) is 0.222. The van der Waals surface area contributed by atoms with Gasteiger partial charge in [-0.25, -0.2) is 9.48 Å². The number of aromatic carboxylic acids is 1. The SMILES string of the molecule is NCc1c(C(=O)O)nnn1Cc1cc(Br)cs1. The highest BCUT2D eigenvalue weighted by atomic mass is 79.9. The van der Waals surface area contributed by atoms with E-state index in [4.69, 9.17) is 10.8 Å². The van der Waals surface area contributed by atoms with Gasteiger partial charge in [-0.15, -0.1) is 16.4 Å². The molecule has 0 saturated carbocycles. The Balaban J connectivity index is 2.30. The molecule has 8 heteroatoms. The lowest BCUT2D eigenvalue weighted by molar-refractivity contribution is 0.0689. The van der Waals surface area contributed by atoms with Crippen LogP contribution in [0, 0.1) is 0 Å². The molecule has 6 nitrogen and oxygen atoms in total. The van der Waals surface area contributed by atoms with Crippen LogP contribution < -0.4 is 5.73 Å². The Hall–Kier alpha value is -1.25. The third kappa shape index (κ3) is 2.54. The van der Waals surface area contributed by atoms with Crippen LogP contribution >= 0.6 is 27.3 Å². The van der Waals surface area contributed by atoms with Crippen molar-refractivity contribution < 1.29 is 9.90 Å². The van der Waals surface area contributed by atoms with Gasteiger partial charge in [0.15, 0.2) is 5.69 Å². The summed E-state index contributed by atoms with van der Waals surface area (Å²) in [5.74, 6) is -1.11. The summed E-state index contributed by atoms with van der Waals surface area (Å²) in [6, 6.07) is 1.95. The van der Waals surface area contributed by atoms with Gasteiger partial charge < -0.3 is 10.8 Å². The van der Waals surface area contributed by atoms with Crippen LogP contribution in [0.1, 0.15) is 21.1 Å². The molecule has 0 atom stereocenters. The van der Waals surface area contributed by atoms with Crippen LogP contribution in [-0.2, 0) is 13.1 Å². The zero-order chi connectivity index (χ0) is 12.4. The Morgan fingerprint density at radius 1 is 1.65 bits per heavy atom. The van der Waals surface area contributed by atoms with E-state index >= 15 is 0 Å². The average molecular weight is 317 g/mol. The van der Waals surface area contributed by atoms with Gasteiger partial charge >= 0.3 is 5.97 Å². The third-order valence-electron chi connectivity index (χ3n) is 2.16. The molecule has 0 aliphatic carbocycles. The molecule has 0 unspecified atom stereocenters. The average Bonchev–Trinajstić information content (AvgIpc) is 2.85. The first-order valence-electron chi connectivity index (χ1n) is 4.70. The van der Waals surface area contributed by atoms with Crippen molar-refractivity contribution in [2.24, 2.45) is 5.73 Å². The summed E-state index contributed by atoms with van der Waals surface area (Å²) < 4.78 is 2.51. The van der Waals surface area contributed by atoms with E-state index in [1.165, 1.54) is 4.68 Å². The largest absolute Gasteiger partial charge is 0.476 e. The van der Waals surface area contributed by atoms with E-state index in [0.717, 1.165) is 9.35 Å². The van der Waals surface area contributed by atoms with Crippen molar-refractivity contribution in [2.75, 3.05) is 0 Å². The topological polar surface area (TPSA) is 94.0 Å². The minimum atomic E-state index is -1.11. The molecule has 3 N–H and O–H groups in total. The number of hydrogen-bond acceptors (Lipinski definition) is 5. The van der Waals surface area contributed by atoms with Gasteiger partial charge in [-0.3, -0.25) is 0 Å². The molecule has 0 radical (unpaired) electrons. The number of thiophene rings is 1. The van der Waals surface area contributed by atoms with Crippen molar-refractivity contribution >= 4 is 33.2 Å². The maximum absolute atomic E-state index is 10.9. The number of carboxylic acid groups (broad SMARTS) is 1. The maximum atomic E-state index is 10.9. The van der Waals surface area contributed by atoms with Gasteiger partial charge in [0.05, 0.1) is 12.2 Å². The summed E-state index contributed by atoms with van der Waals surface area (Å²) in [5.41, 5.74) is 5.87. The molecule has 2 aromatic heterocycles. The molecule has 0 aromatic carbocycles. The minimum Gasteiger partial charge on any atom is -0.476 e. The number of halogens is 1. The molecule has 0 aliphatic rings. The van der Waals surface area contributed by atoms with Gasteiger partial charge in [-0.2, -0.15) is 0 Å². The lowest BCUT2D eigenvalue weighted by atomic mass is 10.3. The van der Waals surface area contributed by atoms with Crippen LogP contribution in [0.5, 0.6) is 0 Å². The van der Waals surface area contributed by atoms with Crippen LogP contribution in [0.25, 0.3) is 0 Å². The summed E-state index contributed by atoms with van der Waals surface area (Å²) in [5, 5.41) is 18.3. The molecule has 2 rings (SSSR count). The van der Waals surface area contributed by atoms with E-state index in [2.05, 4.69) is 26.2 Å². The molecular formula is C9H9BrN4O2S. The number of hydrogen-bond donors (Lipinski definition) is 2. The molecule has 17 heavy (non-hydrogen) atoms. The molecule has 0 spiro atoms. The second-order valence-electron chi connectivity index (χ2n) is 3.28. The Bertz CT molecular complexity index is 551. The molecule has 2 aromatic rings. The van der Waals surface area contributed by atoms with Crippen molar-refractivity contribution in [1.29, 1.82) is 0 Å². The van der Waals surface area contributed by atoms with Crippen molar-refractivity contribution in [2.45, 2.75) is 13.1 Å². The van der Waals surface area contributed by atoms with Gasteiger partial charge in [0.25, 0.3) is 0 Å². The van der Waals surface area contributed by atoms with Gasteiger partial charge in [-0.1, -0.05) is 5.21 Å². The summed E-state index contributed by atoms with van der Waals surface area (Å²) in [7, 11) is 0. The second kappa shape index (κ2) is 4.94. The molecule has 0 aliphatic heterocycles. The third-order valence-corrected chi connectivity index (χ3v) is 3.84. The first-order chi connectivity index (χ1) is 8.11. The lowest BCUT2D eigenvalue weighted by Gasteiger charge is -2.02. The molecule has 0 saturated heterocycles. The highest BCUT2D eigenvalue weighted by molar-refractivity contribution is 9.10. The van der Waals surface area contributed by atoms with E-state index in [1.807, 2.05) is 11.4 Å². The predicted molar refractivity (Wildman–Crippen MR) is 66.0 cm³/mol. The van der Waals surface area contributed by atoms with Crippen LogP contribution in [0.15, 0.2) is 15.9 Å². The number of nitrogens with zero attached hydrogens (tertiary/aromatic N) is 3. The second-order valence-corrected chi connectivity index (χ2v) is 5.19. The van der Waals surface area contributed by atoms with Crippen LogP contribution in [0.4, 0.5) is 0 Å². The van der Waals surface area contributed by atoms with Crippen molar-refractivity contribution in [1.82, 2.24) is 15.0 Å². The summed E-state index contributed by atoms with van der Waals surface area (Å²) in [4.78, 5) is 11.9. The van der Waals surface area contributed by atoms with Crippen molar-refractivity contribution in [3.8, 4) is 0 Å². The normalized spacial score (nSPS) is 10.7. The Labute approximate surface area is 109 Å². The highest BCUT2D eigenvalue weighted by Gasteiger charge is 2.17. The van der Waals surface area contributed by atoms with Gasteiger partial charge in [0.1, 0.15) is 0 Å². The maximum Gasteiger partial charge on any atom is 0.358 e. The standard InChI is InChI=1S/C9H9BrN4O2S/c10-5-1-6(17-4-5)3-14-7(2-11)8(9(15)16)12-13-14/h1,4H,2-3,11H2,(H,15,16). The van der Waals surface area contributed by atoms with Gasteiger partial charge in [0.2, 0.25) is 0 Å². The van der Waals surface area contributed by atoms with Gasteiger partial charge in [0, 0.05) is 21.3 Å². The van der Waals surface area contributed by atoms with E-state index in [0.29, 0.717) is 12.2 Å². The predicted octanol–water partition coefficient (Wildman–Crippen LogP) is 1.31. The molecule has 0 bridgehead atoms. The van der Waals surface area contributed by atoms with Crippen LogP contribution in [-0.4, -0.2) is 26.1 Å².